The van der Waals surface area contributed by atoms with Gasteiger partial charge in [-0.2, -0.15) is 0 Å². The Bertz CT molecular complexity index is 1230. The fourth-order valence-electron chi connectivity index (χ4n) is 3.84. The number of nitrogens with zero attached hydrogens (tertiary/aromatic N) is 1. The van der Waals surface area contributed by atoms with Gasteiger partial charge in [-0.05, 0) is 54.3 Å². The van der Waals surface area contributed by atoms with Gasteiger partial charge < -0.3 is 5.11 Å². The van der Waals surface area contributed by atoms with Crippen molar-refractivity contribution >= 4 is 46.3 Å². The van der Waals surface area contributed by atoms with Crippen LogP contribution < -0.4 is 4.90 Å². The lowest BCUT2D eigenvalue weighted by Gasteiger charge is -2.26. The minimum absolute atomic E-state index is 0.0262. The predicted octanol–water partition coefficient (Wildman–Crippen LogP) is 6.49. The van der Waals surface area contributed by atoms with E-state index in [2.05, 4.69) is 0 Å². The zero-order valence-electron chi connectivity index (χ0n) is 17.6. The van der Waals surface area contributed by atoms with Crippen molar-refractivity contribution in [3.63, 3.8) is 0 Å². The summed E-state index contributed by atoms with van der Waals surface area (Å²) >= 11 is 12.4. The molecular weight excluding hydrogens is 445 g/mol. The molecule has 32 heavy (non-hydrogen) atoms. The highest BCUT2D eigenvalue weighted by Crippen LogP contribution is 2.43. The third kappa shape index (κ3) is 3.92. The van der Waals surface area contributed by atoms with E-state index in [4.69, 9.17) is 23.2 Å². The molecule has 3 aromatic carbocycles. The summed E-state index contributed by atoms with van der Waals surface area (Å²) in [5, 5.41) is 12.2. The van der Waals surface area contributed by atoms with E-state index in [0.717, 1.165) is 17.5 Å². The molecule has 1 atom stereocenters. The normalized spacial score (nSPS) is 17.8. The summed E-state index contributed by atoms with van der Waals surface area (Å²) in [6.07, 6.45) is 0.852. The summed E-state index contributed by atoms with van der Waals surface area (Å²) in [7, 11) is 0. The molecule has 0 spiro atoms. The molecule has 1 heterocycles. The minimum atomic E-state index is -0.822. The molecule has 1 amide bonds. The zero-order valence-corrected chi connectivity index (χ0v) is 19.1. The van der Waals surface area contributed by atoms with Crippen LogP contribution in [0.25, 0.3) is 5.76 Å². The Morgan fingerprint density at radius 2 is 1.62 bits per heavy atom. The maximum Gasteiger partial charge on any atom is 0.300 e. The maximum atomic E-state index is 13.2. The monoisotopic (exact) mass is 465 g/mol. The van der Waals surface area contributed by atoms with E-state index in [1.807, 2.05) is 26.0 Å². The van der Waals surface area contributed by atoms with Gasteiger partial charge in [0, 0.05) is 21.3 Å². The molecule has 0 bridgehead atoms. The Morgan fingerprint density at radius 1 is 0.969 bits per heavy atom. The summed E-state index contributed by atoms with van der Waals surface area (Å²) in [4.78, 5) is 27.7. The SMILES string of the molecule is CCc1ccc(/C(O)=C2\C(=O)C(=O)N(c3ccc(C)c(Cl)c3)C2c2ccc(Cl)cc2)cc1. The van der Waals surface area contributed by atoms with Crippen LogP contribution in [0.3, 0.4) is 0 Å². The maximum absolute atomic E-state index is 13.2. The van der Waals surface area contributed by atoms with E-state index in [9.17, 15) is 14.7 Å². The van der Waals surface area contributed by atoms with E-state index in [-0.39, 0.29) is 11.3 Å². The fraction of sp³-hybridized carbons (Fsp3) is 0.154. The number of hydrogen-bond acceptors (Lipinski definition) is 3. The fourth-order valence-corrected chi connectivity index (χ4v) is 4.15. The number of carbonyl (C=O) groups excluding carboxylic acids is 2. The van der Waals surface area contributed by atoms with Crippen molar-refractivity contribution in [1.29, 1.82) is 0 Å². The van der Waals surface area contributed by atoms with Crippen LogP contribution >= 0.6 is 23.2 Å². The number of carbonyl (C=O) groups is 2. The highest BCUT2D eigenvalue weighted by Gasteiger charge is 2.47. The van der Waals surface area contributed by atoms with E-state index >= 15 is 0 Å². The second kappa shape index (κ2) is 8.81. The second-order valence-corrected chi connectivity index (χ2v) is 8.55. The first-order chi connectivity index (χ1) is 15.3. The molecule has 1 saturated heterocycles. The van der Waals surface area contributed by atoms with E-state index < -0.39 is 17.7 Å². The highest BCUT2D eigenvalue weighted by atomic mass is 35.5. The number of amides is 1. The van der Waals surface area contributed by atoms with E-state index in [0.29, 0.717) is 26.9 Å². The molecule has 0 aromatic heterocycles. The number of rotatable bonds is 4. The van der Waals surface area contributed by atoms with Crippen molar-refractivity contribution in [2.24, 2.45) is 0 Å². The lowest BCUT2D eigenvalue weighted by Crippen LogP contribution is -2.29. The van der Waals surface area contributed by atoms with Gasteiger partial charge in [0.1, 0.15) is 5.76 Å². The highest BCUT2D eigenvalue weighted by molar-refractivity contribution is 6.51. The number of halogens is 2. The topological polar surface area (TPSA) is 57.6 Å². The molecule has 1 fully saturated rings. The number of aliphatic hydroxyl groups excluding tert-OH is 1. The third-order valence-corrected chi connectivity index (χ3v) is 6.36. The van der Waals surface area contributed by atoms with Gasteiger partial charge >= 0.3 is 0 Å². The number of aryl methyl sites for hydroxylation is 2. The Kier molecular flexibility index (Phi) is 6.09. The molecule has 1 N–H and O–H groups in total. The summed E-state index contributed by atoms with van der Waals surface area (Å²) in [6, 6.07) is 18.5. The van der Waals surface area contributed by atoms with Gasteiger partial charge in [-0.3, -0.25) is 14.5 Å². The zero-order chi connectivity index (χ0) is 23.0. The minimum Gasteiger partial charge on any atom is -0.507 e. The van der Waals surface area contributed by atoms with Gasteiger partial charge in [-0.25, -0.2) is 0 Å². The number of aliphatic hydroxyl groups is 1. The molecule has 6 heteroatoms. The summed E-state index contributed by atoms with van der Waals surface area (Å²) in [5.74, 6) is -1.69. The molecule has 1 aliphatic rings. The quantitative estimate of drug-likeness (QED) is 0.272. The number of anilines is 1. The van der Waals surface area contributed by atoms with Crippen LogP contribution in [0, 0.1) is 6.92 Å². The Hall–Kier alpha value is -3.08. The second-order valence-electron chi connectivity index (χ2n) is 7.70. The van der Waals surface area contributed by atoms with Gasteiger partial charge in [-0.1, -0.05) is 72.6 Å². The van der Waals surface area contributed by atoms with Crippen molar-refractivity contribution in [3.8, 4) is 0 Å². The van der Waals surface area contributed by atoms with Crippen molar-refractivity contribution in [2.45, 2.75) is 26.3 Å². The molecule has 1 unspecified atom stereocenters. The lowest BCUT2D eigenvalue weighted by molar-refractivity contribution is -0.132. The molecule has 162 valence electrons. The molecule has 4 nitrogen and oxygen atoms in total. The largest absolute Gasteiger partial charge is 0.507 e. The molecule has 0 radical (unpaired) electrons. The van der Waals surface area contributed by atoms with Crippen molar-refractivity contribution in [3.05, 3.63) is 105 Å². The van der Waals surface area contributed by atoms with Crippen molar-refractivity contribution in [2.75, 3.05) is 4.90 Å². The number of hydrogen-bond donors (Lipinski definition) is 1. The summed E-state index contributed by atoms with van der Waals surface area (Å²) in [5.41, 5.74) is 3.58. The first-order valence-electron chi connectivity index (χ1n) is 10.2. The lowest BCUT2D eigenvalue weighted by atomic mass is 9.94. The van der Waals surface area contributed by atoms with Crippen LogP contribution in [0.2, 0.25) is 10.0 Å². The van der Waals surface area contributed by atoms with Crippen LogP contribution in [0.15, 0.2) is 72.3 Å². The molecule has 0 aliphatic carbocycles. The van der Waals surface area contributed by atoms with Gasteiger partial charge in [0.2, 0.25) is 0 Å². The van der Waals surface area contributed by atoms with Crippen molar-refractivity contribution < 1.29 is 14.7 Å². The van der Waals surface area contributed by atoms with Crippen LogP contribution in [-0.4, -0.2) is 16.8 Å². The molecule has 0 saturated carbocycles. The Morgan fingerprint density at radius 3 is 2.22 bits per heavy atom. The smallest absolute Gasteiger partial charge is 0.300 e. The van der Waals surface area contributed by atoms with Crippen LogP contribution in [0.5, 0.6) is 0 Å². The predicted molar refractivity (Wildman–Crippen MR) is 128 cm³/mol. The first kappa shape index (κ1) is 22.1. The third-order valence-electron chi connectivity index (χ3n) is 5.70. The average Bonchev–Trinajstić information content (AvgIpc) is 3.06. The van der Waals surface area contributed by atoms with Crippen LogP contribution in [-0.2, 0) is 16.0 Å². The Labute approximate surface area is 196 Å². The Balaban J connectivity index is 1.92. The molecular formula is C26H21Cl2NO3. The standard InChI is InChI=1S/C26H21Cl2NO3/c1-3-16-5-7-18(8-6-16)24(30)22-23(17-9-11-19(27)12-10-17)29(26(32)25(22)31)20-13-4-15(2)21(28)14-20/h4-14,23,30H,3H2,1-2H3/b24-22+. The van der Waals surface area contributed by atoms with Crippen LogP contribution in [0.4, 0.5) is 5.69 Å². The molecule has 1 aliphatic heterocycles. The molecule has 3 aromatic rings. The summed E-state index contributed by atoms with van der Waals surface area (Å²) < 4.78 is 0. The number of benzene rings is 3. The average molecular weight is 466 g/mol. The van der Waals surface area contributed by atoms with Gasteiger partial charge in [0.15, 0.2) is 0 Å². The van der Waals surface area contributed by atoms with Gasteiger partial charge in [-0.15, -0.1) is 0 Å². The summed E-state index contributed by atoms with van der Waals surface area (Å²) in [6.45, 7) is 3.89. The first-order valence-corrected chi connectivity index (χ1v) is 11.0. The van der Waals surface area contributed by atoms with E-state index in [1.54, 1.807) is 54.6 Å². The van der Waals surface area contributed by atoms with Crippen LogP contribution in [0.1, 0.15) is 35.2 Å². The van der Waals surface area contributed by atoms with Gasteiger partial charge in [0.25, 0.3) is 11.7 Å². The van der Waals surface area contributed by atoms with Crippen molar-refractivity contribution in [1.82, 2.24) is 0 Å². The number of Topliss-reactive ketones (excluding diaryl/α,β-unsaturated/α-hetero) is 1. The number of ketones is 1. The molecule has 4 rings (SSSR count). The van der Waals surface area contributed by atoms with Gasteiger partial charge in [0.05, 0.1) is 11.6 Å². The van der Waals surface area contributed by atoms with E-state index in [1.165, 1.54) is 4.90 Å².